The molecule has 2 rings (SSSR count). The van der Waals surface area contributed by atoms with Gasteiger partial charge in [0.05, 0.1) is 11.3 Å². The molecule has 0 aliphatic carbocycles. The van der Waals surface area contributed by atoms with Gasteiger partial charge in [-0.2, -0.15) is 0 Å². The Morgan fingerprint density at radius 2 is 1.81 bits per heavy atom. The highest BCUT2D eigenvalue weighted by molar-refractivity contribution is 7.89. The predicted molar refractivity (Wildman–Crippen MR) is 107 cm³/mol. The second-order valence-electron chi connectivity index (χ2n) is 6.40. The van der Waals surface area contributed by atoms with Crippen molar-refractivity contribution in [1.82, 2.24) is 4.72 Å². The molecule has 0 amide bonds. The van der Waals surface area contributed by atoms with Crippen molar-refractivity contribution in [1.29, 1.82) is 0 Å². The highest BCUT2D eigenvalue weighted by Crippen LogP contribution is 2.25. The Balaban J connectivity index is 2.31. The maximum Gasteiger partial charge on any atom is 0.335 e. The van der Waals surface area contributed by atoms with Gasteiger partial charge in [0.15, 0.2) is 0 Å². The summed E-state index contributed by atoms with van der Waals surface area (Å²) in [7, 11) is -3.91. The monoisotopic (exact) mass is 390 g/mol. The van der Waals surface area contributed by atoms with E-state index in [1.54, 1.807) is 6.92 Å². The molecule has 0 aliphatic heterocycles. The van der Waals surface area contributed by atoms with E-state index >= 15 is 0 Å². The number of aromatic carboxylic acids is 1. The maximum absolute atomic E-state index is 13.0. The van der Waals surface area contributed by atoms with E-state index in [1.165, 1.54) is 18.2 Å². The van der Waals surface area contributed by atoms with Crippen molar-refractivity contribution in [3.63, 3.8) is 0 Å². The van der Waals surface area contributed by atoms with Crippen LogP contribution in [-0.4, -0.2) is 26.0 Å². The minimum atomic E-state index is -3.91. The SMILES string of the molecule is CCCCCNc1ccc(C(=O)O)cc1S(=O)(=O)NC(C)c1ccccc1. The summed E-state index contributed by atoms with van der Waals surface area (Å²) in [6.07, 6.45) is 3.00. The van der Waals surface area contributed by atoms with Crippen LogP contribution in [0.2, 0.25) is 0 Å². The number of sulfonamides is 1. The Morgan fingerprint density at radius 3 is 2.44 bits per heavy atom. The van der Waals surface area contributed by atoms with Crippen LogP contribution in [0.25, 0.3) is 0 Å². The first-order chi connectivity index (χ1) is 12.8. The quantitative estimate of drug-likeness (QED) is 0.533. The van der Waals surface area contributed by atoms with Crippen molar-refractivity contribution in [2.45, 2.75) is 44.0 Å². The third-order valence-corrected chi connectivity index (χ3v) is 5.83. The van der Waals surface area contributed by atoms with Crippen LogP contribution in [0.5, 0.6) is 0 Å². The van der Waals surface area contributed by atoms with E-state index in [-0.39, 0.29) is 10.5 Å². The van der Waals surface area contributed by atoms with Crippen LogP contribution >= 0.6 is 0 Å². The molecule has 3 N–H and O–H groups in total. The molecule has 27 heavy (non-hydrogen) atoms. The summed E-state index contributed by atoms with van der Waals surface area (Å²) >= 11 is 0. The van der Waals surface area contributed by atoms with E-state index in [0.29, 0.717) is 12.2 Å². The van der Waals surface area contributed by atoms with Gasteiger partial charge in [0.2, 0.25) is 10.0 Å². The van der Waals surface area contributed by atoms with Gasteiger partial charge in [0.1, 0.15) is 4.90 Å². The predicted octanol–water partition coefficient (Wildman–Crippen LogP) is 4.03. The maximum atomic E-state index is 13.0. The van der Waals surface area contributed by atoms with Gasteiger partial charge in [-0.3, -0.25) is 0 Å². The molecule has 1 unspecified atom stereocenters. The van der Waals surface area contributed by atoms with Gasteiger partial charge in [0.25, 0.3) is 0 Å². The van der Waals surface area contributed by atoms with Gasteiger partial charge in [-0.1, -0.05) is 50.1 Å². The lowest BCUT2D eigenvalue weighted by molar-refractivity contribution is 0.0696. The third-order valence-electron chi connectivity index (χ3n) is 4.25. The number of carboxylic acid groups (broad SMARTS) is 1. The molecule has 7 heteroatoms. The molecule has 1 atom stereocenters. The molecule has 2 aromatic rings. The van der Waals surface area contributed by atoms with Crippen LogP contribution in [0.4, 0.5) is 5.69 Å². The van der Waals surface area contributed by atoms with Crippen LogP contribution in [0.15, 0.2) is 53.4 Å². The summed E-state index contributed by atoms with van der Waals surface area (Å²) in [6, 6.07) is 12.9. The number of hydrogen-bond donors (Lipinski definition) is 3. The third kappa shape index (κ3) is 5.80. The first-order valence-corrected chi connectivity index (χ1v) is 10.5. The lowest BCUT2D eigenvalue weighted by Crippen LogP contribution is -2.28. The zero-order valence-electron chi connectivity index (χ0n) is 15.6. The average molecular weight is 391 g/mol. The molecular weight excluding hydrogens is 364 g/mol. The van der Waals surface area contributed by atoms with Crippen molar-refractivity contribution in [2.24, 2.45) is 0 Å². The van der Waals surface area contributed by atoms with Crippen LogP contribution in [-0.2, 0) is 10.0 Å². The number of carboxylic acids is 1. The van der Waals surface area contributed by atoms with E-state index in [4.69, 9.17) is 0 Å². The highest BCUT2D eigenvalue weighted by atomic mass is 32.2. The summed E-state index contributed by atoms with van der Waals surface area (Å²) in [4.78, 5) is 11.2. The minimum absolute atomic E-state index is 0.0540. The Kier molecular flexibility index (Phi) is 7.38. The number of unbranched alkanes of at least 4 members (excludes halogenated alkanes) is 2. The number of carbonyl (C=O) groups is 1. The van der Waals surface area contributed by atoms with Gasteiger partial charge < -0.3 is 10.4 Å². The largest absolute Gasteiger partial charge is 0.478 e. The Hall–Kier alpha value is -2.38. The molecule has 0 fully saturated rings. The molecule has 0 aliphatic rings. The molecule has 0 bridgehead atoms. The number of anilines is 1. The fraction of sp³-hybridized carbons (Fsp3) is 0.350. The summed E-state index contributed by atoms with van der Waals surface area (Å²) in [5.74, 6) is -1.17. The molecule has 0 heterocycles. The second-order valence-corrected chi connectivity index (χ2v) is 8.09. The number of nitrogens with one attached hydrogen (secondary N) is 2. The van der Waals surface area contributed by atoms with Gasteiger partial charge in [-0.05, 0) is 37.1 Å². The average Bonchev–Trinajstić information content (AvgIpc) is 2.65. The normalized spacial score (nSPS) is 12.5. The molecule has 0 spiro atoms. The molecular formula is C20H26N2O4S. The number of rotatable bonds is 10. The van der Waals surface area contributed by atoms with E-state index in [9.17, 15) is 18.3 Å². The van der Waals surface area contributed by atoms with Crippen molar-refractivity contribution >= 4 is 21.7 Å². The molecule has 0 saturated carbocycles. The zero-order valence-corrected chi connectivity index (χ0v) is 16.4. The zero-order chi connectivity index (χ0) is 19.9. The first-order valence-electron chi connectivity index (χ1n) is 9.03. The van der Waals surface area contributed by atoms with E-state index < -0.39 is 22.0 Å². The van der Waals surface area contributed by atoms with Gasteiger partial charge in [0, 0.05) is 12.6 Å². The van der Waals surface area contributed by atoms with E-state index in [2.05, 4.69) is 17.0 Å². The lowest BCUT2D eigenvalue weighted by atomic mass is 10.1. The van der Waals surface area contributed by atoms with Crippen molar-refractivity contribution in [3.8, 4) is 0 Å². The highest BCUT2D eigenvalue weighted by Gasteiger charge is 2.23. The van der Waals surface area contributed by atoms with Gasteiger partial charge in [-0.25, -0.2) is 17.9 Å². The van der Waals surface area contributed by atoms with Crippen LogP contribution in [0, 0.1) is 0 Å². The second kappa shape index (κ2) is 9.53. The Bertz CT molecular complexity index is 867. The molecule has 2 aromatic carbocycles. The molecule has 0 radical (unpaired) electrons. The van der Waals surface area contributed by atoms with Crippen LogP contribution in [0.1, 0.15) is 55.1 Å². The van der Waals surface area contributed by atoms with Gasteiger partial charge in [-0.15, -0.1) is 0 Å². The van der Waals surface area contributed by atoms with Crippen molar-refractivity contribution in [2.75, 3.05) is 11.9 Å². The van der Waals surface area contributed by atoms with Crippen molar-refractivity contribution in [3.05, 3.63) is 59.7 Å². The fourth-order valence-corrected chi connectivity index (χ4v) is 4.17. The molecule has 0 aromatic heterocycles. The molecule has 146 valence electrons. The summed E-state index contributed by atoms with van der Waals surface area (Å²) in [6.45, 7) is 4.46. The standard InChI is InChI=1S/C20H26N2O4S/c1-3-4-8-13-21-18-12-11-17(20(23)24)14-19(18)27(25,26)22-15(2)16-9-6-5-7-10-16/h5-7,9-12,14-15,21-22H,3-4,8,13H2,1-2H3,(H,23,24). The summed E-state index contributed by atoms with van der Waals surface area (Å²) in [5.41, 5.74) is 1.17. The molecule has 6 nitrogen and oxygen atoms in total. The fourth-order valence-electron chi connectivity index (χ4n) is 2.73. The van der Waals surface area contributed by atoms with Crippen LogP contribution in [0.3, 0.4) is 0 Å². The minimum Gasteiger partial charge on any atom is -0.478 e. The topological polar surface area (TPSA) is 95.5 Å². The Labute approximate surface area is 160 Å². The van der Waals surface area contributed by atoms with Crippen molar-refractivity contribution < 1.29 is 18.3 Å². The molecule has 0 saturated heterocycles. The Morgan fingerprint density at radius 1 is 1.11 bits per heavy atom. The number of hydrogen-bond acceptors (Lipinski definition) is 4. The smallest absolute Gasteiger partial charge is 0.335 e. The summed E-state index contributed by atoms with van der Waals surface area (Å²) in [5, 5.41) is 12.4. The van der Waals surface area contributed by atoms with Crippen LogP contribution < -0.4 is 10.0 Å². The first kappa shape index (κ1) is 20.9. The van der Waals surface area contributed by atoms with E-state index in [1.807, 2.05) is 30.3 Å². The number of benzene rings is 2. The lowest BCUT2D eigenvalue weighted by Gasteiger charge is -2.18. The summed E-state index contributed by atoms with van der Waals surface area (Å²) < 4.78 is 28.5. The van der Waals surface area contributed by atoms with Gasteiger partial charge >= 0.3 is 5.97 Å². The van der Waals surface area contributed by atoms with E-state index in [0.717, 1.165) is 24.8 Å².